The molecule has 0 saturated carbocycles. The number of aryl methyl sites for hydroxylation is 1. The smallest absolute Gasteiger partial charge is 0.321 e. The molecule has 0 spiro atoms. The minimum atomic E-state index is -0.535. The van der Waals surface area contributed by atoms with Crippen LogP contribution in [0, 0.1) is 6.92 Å². The highest BCUT2D eigenvalue weighted by molar-refractivity contribution is 7.18. The normalized spacial score (nSPS) is 12.7. The molecule has 0 aliphatic carbocycles. The van der Waals surface area contributed by atoms with Crippen LogP contribution in [0.25, 0.3) is 10.2 Å². The molecule has 3 N–H and O–H groups in total. The Labute approximate surface area is 139 Å². The zero-order chi connectivity index (χ0) is 17.2. The molecular formula is C16H22N4O2S. The van der Waals surface area contributed by atoms with Crippen LogP contribution in [0.1, 0.15) is 32.7 Å². The van der Waals surface area contributed by atoms with Gasteiger partial charge in [-0.2, -0.15) is 0 Å². The van der Waals surface area contributed by atoms with Gasteiger partial charge in [-0.05, 0) is 52.8 Å². The molecule has 0 saturated heterocycles. The summed E-state index contributed by atoms with van der Waals surface area (Å²) in [6.07, 6.45) is 0. The third-order valence-corrected chi connectivity index (χ3v) is 3.93. The fourth-order valence-corrected chi connectivity index (χ4v) is 2.90. The van der Waals surface area contributed by atoms with E-state index in [1.807, 2.05) is 45.9 Å². The molecule has 124 valence electrons. The van der Waals surface area contributed by atoms with E-state index in [9.17, 15) is 9.59 Å². The lowest BCUT2D eigenvalue weighted by atomic mass is 10.1. The number of urea groups is 1. The van der Waals surface area contributed by atoms with E-state index in [1.54, 1.807) is 18.3 Å². The SMILES string of the molecule is Cc1nc2ccc(NC(C)C(=O)NC(=O)NC(C)(C)C)cc2s1. The molecule has 2 aromatic rings. The summed E-state index contributed by atoms with van der Waals surface area (Å²) in [5.74, 6) is -0.382. The minimum absolute atomic E-state index is 0.382. The van der Waals surface area contributed by atoms with Gasteiger partial charge >= 0.3 is 6.03 Å². The second-order valence-corrected chi connectivity index (χ2v) is 7.71. The van der Waals surface area contributed by atoms with Gasteiger partial charge in [0.05, 0.1) is 15.2 Å². The lowest BCUT2D eigenvalue weighted by molar-refractivity contribution is -0.120. The number of carbonyl (C=O) groups excluding carboxylic acids is 2. The molecule has 0 aliphatic heterocycles. The van der Waals surface area contributed by atoms with Gasteiger partial charge in [0.2, 0.25) is 5.91 Å². The van der Waals surface area contributed by atoms with Crippen LogP contribution in [0.15, 0.2) is 18.2 Å². The van der Waals surface area contributed by atoms with Crippen molar-refractivity contribution in [3.8, 4) is 0 Å². The number of thiazole rings is 1. The third-order valence-electron chi connectivity index (χ3n) is 3.00. The first-order chi connectivity index (χ1) is 10.6. The Hall–Kier alpha value is -2.15. The van der Waals surface area contributed by atoms with Crippen molar-refractivity contribution in [3.63, 3.8) is 0 Å². The number of nitrogens with zero attached hydrogens (tertiary/aromatic N) is 1. The summed E-state index contributed by atoms with van der Waals surface area (Å²) in [7, 11) is 0. The number of fused-ring (bicyclic) bond motifs is 1. The van der Waals surface area contributed by atoms with Crippen molar-refractivity contribution in [2.75, 3.05) is 5.32 Å². The van der Waals surface area contributed by atoms with Crippen LogP contribution in [-0.4, -0.2) is 28.5 Å². The predicted molar refractivity (Wildman–Crippen MR) is 93.9 cm³/mol. The molecule has 0 aliphatic rings. The molecule has 23 heavy (non-hydrogen) atoms. The van der Waals surface area contributed by atoms with Crippen molar-refractivity contribution in [2.24, 2.45) is 0 Å². The predicted octanol–water partition coefficient (Wildman–Crippen LogP) is 3.03. The number of hydrogen-bond donors (Lipinski definition) is 3. The number of nitrogens with one attached hydrogen (secondary N) is 3. The zero-order valence-electron chi connectivity index (χ0n) is 14.0. The maximum Gasteiger partial charge on any atom is 0.321 e. The van der Waals surface area contributed by atoms with E-state index < -0.39 is 17.6 Å². The molecule has 0 radical (unpaired) electrons. The van der Waals surface area contributed by atoms with Gasteiger partial charge in [-0.15, -0.1) is 11.3 Å². The van der Waals surface area contributed by atoms with Crippen LogP contribution in [0.4, 0.5) is 10.5 Å². The Kier molecular flexibility index (Phi) is 4.89. The standard InChI is InChI=1S/C16H22N4O2S/c1-9(14(21)19-15(22)20-16(3,4)5)17-11-6-7-12-13(8-11)23-10(2)18-12/h6-9,17H,1-5H3,(H2,19,20,21,22). The topological polar surface area (TPSA) is 83.1 Å². The number of carbonyl (C=O) groups is 2. The first-order valence-electron chi connectivity index (χ1n) is 7.41. The van der Waals surface area contributed by atoms with Crippen LogP contribution in [0.2, 0.25) is 0 Å². The summed E-state index contributed by atoms with van der Waals surface area (Å²) < 4.78 is 1.06. The van der Waals surface area contributed by atoms with Gasteiger partial charge in [0, 0.05) is 11.2 Å². The molecular weight excluding hydrogens is 312 g/mol. The number of aromatic nitrogens is 1. The highest BCUT2D eigenvalue weighted by Gasteiger charge is 2.19. The maximum absolute atomic E-state index is 12.1. The van der Waals surface area contributed by atoms with Gasteiger partial charge < -0.3 is 10.6 Å². The average molecular weight is 334 g/mol. The van der Waals surface area contributed by atoms with E-state index in [4.69, 9.17) is 0 Å². The van der Waals surface area contributed by atoms with Crippen LogP contribution in [0.5, 0.6) is 0 Å². The Morgan fingerprint density at radius 2 is 1.96 bits per heavy atom. The summed E-state index contributed by atoms with van der Waals surface area (Å²) in [5, 5.41) is 9.13. The Bertz CT molecular complexity index is 733. The zero-order valence-corrected chi connectivity index (χ0v) is 14.8. The van der Waals surface area contributed by atoms with Crippen molar-refractivity contribution in [1.29, 1.82) is 0 Å². The van der Waals surface area contributed by atoms with Crippen molar-refractivity contribution in [1.82, 2.24) is 15.6 Å². The van der Waals surface area contributed by atoms with Gasteiger partial charge in [-0.25, -0.2) is 9.78 Å². The van der Waals surface area contributed by atoms with E-state index in [1.165, 1.54) is 0 Å². The highest BCUT2D eigenvalue weighted by atomic mass is 32.1. The first kappa shape index (κ1) is 17.2. The Morgan fingerprint density at radius 3 is 2.61 bits per heavy atom. The highest BCUT2D eigenvalue weighted by Crippen LogP contribution is 2.25. The fourth-order valence-electron chi connectivity index (χ4n) is 2.04. The second-order valence-electron chi connectivity index (χ2n) is 6.47. The van der Waals surface area contributed by atoms with E-state index in [-0.39, 0.29) is 5.91 Å². The number of hydrogen-bond acceptors (Lipinski definition) is 5. The molecule has 7 heteroatoms. The average Bonchev–Trinajstić information content (AvgIpc) is 2.75. The van der Waals surface area contributed by atoms with Crippen LogP contribution in [-0.2, 0) is 4.79 Å². The summed E-state index contributed by atoms with van der Waals surface area (Å²) >= 11 is 1.60. The second kappa shape index (κ2) is 6.54. The number of rotatable bonds is 3. The monoisotopic (exact) mass is 334 g/mol. The lowest BCUT2D eigenvalue weighted by Gasteiger charge is -2.21. The van der Waals surface area contributed by atoms with Crippen LogP contribution in [0.3, 0.4) is 0 Å². The lowest BCUT2D eigenvalue weighted by Crippen LogP contribution is -2.51. The fraction of sp³-hybridized carbons (Fsp3) is 0.438. The van der Waals surface area contributed by atoms with Crippen molar-refractivity contribution >= 4 is 39.2 Å². The summed E-state index contributed by atoms with van der Waals surface area (Å²) in [6, 6.07) is 4.72. The van der Waals surface area contributed by atoms with Crippen molar-refractivity contribution in [3.05, 3.63) is 23.2 Å². The molecule has 2 rings (SSSR count). The van der Waals surface area contributed by atoms with Gasteiger partial charge in [0.15, 0.2) is 0 Å². The molecule has 0 bridgehead atoms. The molecule has 1 aromatic heterocycles. The maximum atomic E-state index is 12.1. The number of amides is 3. The summed E-state index contributed by atoms with van der Waals surface area (Å²) in [5.41, 5.74) is 1.37. The molecule has 1 unspecified atom stereocenters. The molecule has 1 atom stereocenters. The van der Waals surface area contributed by atoms with Crippen molar-refractivity contribution < 1.29 is 9.59 Å². The van der Waals surface area contributed by atoms with Gasteiger partial charge in [0.1, 0.15) is 6.04 Å². The molecule has 6 nitrogen and oxygen atoms in total. The van der Waals surface area contributed by atoms with E-state index in [0.29, 0.717) is 0 Å². The summed E-state index contributed by atoms with van der Waals surface area (Å²) in [6.45, 7) is 9.23. The Morgan fingerprint density at radius 1 is 1.26 bits per heavy atom. The Balaban J connectivity index is 1.97. The van der Waals surface area contributed by atoms with Gasteiger partial charge in [0.25, 0.3) is 0 Å². The first-order valence-corrected chi connectivity index (χ1v) is 8.22. The summed E-state index contributed by atoms with van der Waals surface area (Å²) in [4.78, 5) is 28.2. The molecule has 3 amide bonds. The largest absolute Gasteiger partial charge is 0.374 e. The molecule has 1 aromatic carbocycles. The number of imide groups is 1. The molecule has 1 heterocycles. The minimum Gasteiger partial charge on any atom is -0.374 e. The van der Waals surface area contributed by atoms with Gasteiger partial charge in [-0.1, -0.05) is 0 Å². The van der Waals surface area contributed by atoms with E-state index in [0.717, 1.165) is 20.9 Å². The molecule has 0 fully saturated rings. The quantitative estimate of drug-likeness (QED) is 0.806. The number of benzene rings is 1. The van der Waals surface area contributed by atoms with E-state index in [2.05, 4.69) is 20.9 Å². The van der Waals surface area contributed by atoms with Crippen LogP contribution < -0.4 is 16.0 Å². The van der Waals surface area contributed by atoms with Crippen LogP contribution >= 0.6 is 11.3 Å². The van der Waals surface area contributed by atoms with Gasteiger partial charge in [-0.3, -0.25) is 10.1 Å². The van der Waals surface area contributed by atoms with Crippen molar-refractivity contribution in [2.45, 2.75) is 46.2 Å². The third kappa shape index (κ3) is 4.92. The van der Waals surface area contributed by atoms with E-state index >= 15 is 0 Å². The number of anilines is 1.